The highest BCUT2D eigenvalue weighted by Gasteiger charge is 2.36. The summed E-state index contributed by atoms with van der Waals surface area (Å²) in [6, 6.07) is 10.3. The van der Waals surface area contributed by atoms with Crippen LogP contribution in [0, 0.1) is 5.82 Å². The van der Waals surface area contributed by atoms with Crippen molar-refractivity contribution in [1.82, 2.24) is 4.90 Å². The third-order valence-electron chi connectivity index (χ3n) is 5.78. The van der Waals surface area contributed by atoms with E-state index in [0.29, 0.717) is 30.3 Å². The molecule has 1 heterocycles. The number of anilines is 2. The average molecular weight is 427 g/mol. The zero-order chi connectivity index (χ0) is 21.8. The lowest BCUT2D eigenvalue weighted by Gasteiger charge is -2.43. The van der Waals surface area contributed by atoms with Crippen molar-refractivity contribution in [3.63, 3.8) is 0 Å². The number of methoxy groups -OCH3 is 1. The Hall–Kier alpha value is -3.13. The van der Waals surface area contributed by atoms with Crippen LogP contribution < -0.4 is 15.4 Å². The molecule has 1 saturated heterocycles. The fraction of sp³-hybridized carbons (Fsp3) is 0.391. The first-order chi connectivity index (χ1) is 15.0. The van der Waals surface area contributed by atoms with E-state index in [1.54, 1.807) is 18.2 Å². The first-order valence-corrected chi connectivity index (χ1v) is 10.5. The largest absolute Gasteiger partial charge is 0.495 e. The van der Waals surface area contributed by atoms with Crippen LogP contribution in [0.15, 0.2) is 42.5 Å². The lowest BCUT2D eigenvalue weighted by atomic mass is 9.90. The van der Waals surface area contributed by atoms with Gasteiger partial charge in [0.1, 0.15) is 11.6 Å². The molecule has 1 saturated carbocycles. The van der Waals surface area contributed by atoms with Crippen molar-refractivity contribution in [2.75, 3.05) is 30.9 Å². The van der Waals surface area contributed by atoms with Crippen molar-refractivity contribution in [1.29, 1.82) is 0 Å². The molecule has 0 aromatic heterocycles. The van der Waals surface area contributed by atoms with Gasteiger partial charge in [-0.25, -0.2) is 9.18 Å². The van der Waals surface area contributed by atoms with E-state index in [-0.39, 0.29) is 23.7 Å². The number of carbonyl (C=O) groups is 2. The van der Waals surface area contributed by atoms with Crippen LogP contribution in [0.5, 0.6) is 5.75 Å². The van der Waals surface area contributed by atoms with Crippen LogP contribution in [0.2, 0.25) is 0 Å². The lowest BCUT2D eigenvalue weighted by molar-refractivity contribution is -0.0694. The van der Waals surface area contributed by atoms with Gasteiger partial charge < -0.3 is 25.0 Å². The van der Waals surface area contributed by atoms with Crippen LogP contribution in [-0.4, -0.2) is 49.2 Å². The molecular formula is C23H26FN3O4. The van der Waals surface area contributed by atoms with Gasteiger partial charge in [-0.15, -0.1) is 0 Å². The number of rotatable bonds is 4. The summed E-state index contributed by atoms with van der Waals surface area (Å²) >= 11 is 0. The summed E-state index contributed by atoms with van der Waals surface area (Å²) in [4.78, 5) is 27.3. The molecule has 164 valence electrons. The monoisotopic (exact) mass is 427 g/mol. The molecule has 2 fully saturated rings. The second-order valence-corrected chi connectivity index (χ2v) is 7.76. The minimum absolute atomic E-state index is 0.0906. The second kappa shape index (κ2) is 9.34. The molecule has 2 N–H and O–H groups in total. The summed E-state index contributed by atoms with van der Waals surface area (Å²) in [5, 5.41) is 5.65. The number of halogens is 1. The van der Waals surface area contributed by atoms with Gasteiger partial charge in [0.2, 0.25) is 0 Å². The molecule has 2 aromatic rings. The maximum Gasteiger partial charge on any atom is 0.322 e. The van der Waals surface area contributed by atoms with E-state index in [2.05, 4.69) is 10.6 Å². The lowest BCUT2D eigenvalue weighted by Crippen LogP contribution is -2.55. The molecule has 0 bridgehead atoms. The smallest absolute Gasteiger partial charge is 0.322 e. The Labute approximate surface area is 180 Å². The van der Waals surface area contributed by atoms with Gasteiger partial charge in [-0.05, 0) is 49.2 Å². The van der Waals surface area contributed by atoms with E-state index < -0.39 is 11.7 Å². The molecule has 0 radical (unpaired) electrons. The number of nitrogens with zero attached hydrogens (tertiary/aromatic N) is 1. The van der Waals surface area contributed by atoms with Gasteiger partial charge in [-0.1, -0.05) is 18.9 Å². The fourth-order valence-corrected chi connectivity index (χ4v) is 4.25. The Balaban J connectivity index is 1.49. The summed E-state index contributed by atoms with van der Waals surface area (Å²) in [5.41, 5.74) is 1.10. The Bertz CT molecular complexity index is 966. The summed E-state index contributed by atoms with van der Waals surface area (Å²) in [7, 11) is 1.49. The molecule has 0 spiro atoms. The number of hydrogen-bond acceptors (Lipinski definition) is 4. The summed E-state index contributed by atoms with van der Waals surface area (Å²) in [6.07, 6.45) is 4.24. The Kier molecular flexibility index (Phi) is 6.36. The summed E-state index contributed by atoms with van der Waals surface area (Å²) < 4.78 is 24.6. The van der Waals surface area contributed by atoms with Gasteiger partial charge >= 0.3 is 6.03 Å². The topological polar surface area (TPSA) is 79.9 Å². The number of fused-ring (bicyclic) bond motifs is 1. The summed E-state index contributed by atoms with van der Waals surface area (Å²) in [5.74, 6) is -0.534. The van der Waals surface area contributed by atoms with Crippen molar-refractivity contribution in [2.24, 2.45) is 0 Å². The number of hydrogen-bond donors (Lipinski definition) is 2. The zero-order valence-corrected chi connectivity index (χ0v) is 17.4. The average Bonchev–Trinajstić information content (AvgIpc) is 2.79. The van der Waals surface area contributed by atoms with Crippen LogP contribution in [0.1, 0.15) is 36.0 Å². The number of ether oxygens (including phenoxy) is 2. The van der Waals surface area contributed by atoms with E-state index in [1.807, 2.05) is 4.90 Å². The van der Waals surface area contributed by atoms with Crippen molar-refractivity contribution in [3.8, 4) is 5.75 Å². The highest BCUT2D eigenvalue weighted by Crippen LogP contribution is 2.31. The van der Waals surface area contributed by atoms with Gasteiger partial charge in [0.25, 0.3) is 5.91 Å². The third kappa shape index (κ3) is 4.80. The van der Waals surface area contributed by atoms with E-state index in [1.165, 1.54) is 25.3 Å². The predicted molar refractivity (Wildman–Crippen MR) is 115 cm³/mol. The first kappa shape index (κ1) is 21.1. The maximum absolute atomic E-state index is 13.4. The molecular weight excluding hydrogens is 401 g/mol. The quantitative estimate of drug-likeness (QED) is 0.764. The SMILES string of the molecule is COc1ccc(NC(=O)N2CCOC3CCCCC32)cc1NC(=O)c1cccc(F)c1. The Morgan fingerprint density at radius 1 is 1.13 bits per heavy atom. The number of urea groups is 1. The first-order valence-electron chi connectivity index (χ1n) is 10.5. The van der Waals surface area contributed by atoms with Crippen molar-refractivity contribution >= 4 is 23.3 Å². The molecule has 3 amide bonds. The highest BCUT2D eigenvalue weighted by atomic mass is 19.1. The van der Waals surface area contributed by atoms with Crippen LogP contribution >= 0.6 is 0 Å². The van der Waals surface area contributed by atoms with Crippen LogP contribution in [0.4, 0.5) is 20.6 Å². The molecule has 2 aromatic carbocycles. The van der Waals surface area contributed by atoms with Gasteiger partial charge in [0.05, 0.1) is 31.5 Å². The van der Waals surface area contributed by atoms with Gasteiger partial charge in [0, 0.05) is 17.8 Å². The van der Waals surface area contributed by atoms with E-state index in [9.17, 15) is 14.0 Å². The minimum Gasteiger partial charge on any atom is -0.495 e. The van der Waals surface area contributed by atoms with Crippen molar-refractivity contribution in [3.05, 3.63) is 53.8 Å². The standard InChI is InChI=1S/C23H26FN3O4/c1-30-20-10-9-17(14-18(20)26-22(28)15-5-4-6-16(24)13-15)25-23(29)27-11-12-31-21-8-3-2-7-19(21)27/h4-6,9-10,13-14,19,21H,2-3,7-8,11-12H2,1H3,(H,25,29)(H,26,28). The van der Waals surface area contributed by atoms with E-state index >= 15 is 0 Å². The fourth-order valence-electron chi connectivity index (χ4n) is 4.25. The van der Waals surface area contributed by atoms with Gasteiger partial charge in [-0.3, -0.25) is 4.79 Å². The minimum atomic E-state index is -0.493. The molecule has 8 heteroatoms. The molecule has 4 rings (SSSR count). The van der Waals surface area contributed by atoms with E-state index in [4.69, 9.17) is 9.47 Å². The Morgan fingerprint density at radius 3 is 2.77 bits per heavy atom. The number of nitrogens with one attached hydrogen (secondary N) is 2. The maximum atomic E-state index is 13.4. The Morgan fingerprint density at radius 2 is 1.97 bits per heavy atom. The molecule has 31 heavy (non-hydrogen) atoms. The second-order valence-electron chi connectivity index (χ2n) is 7.76. The number of benzene rings is 2. The van der Waals surface area contributed by atoms with Crippen LogP contribution in [-0.2, 0) is 4.74 Å². The number of carbonyl (C=O) groups excluding carboxylic acids is 2. The van der Waals surface area contributed by atoms with Gasteiger partial charge in [-0.2, -0.15) is 0 Å². The molecule has 2 unspecified atom stereocenters. The van der Waals surface area contributed by atoms with Crippen molar-refractivity contribution < 1.29 is 23.5 Å². The molecule has 2 aliphatic rings. The third-order valence-corrected chi connectivity index (χ3v) is 5.78. The number of morpholine rings is 1. The van der Waals surface area contributed by atoms with E-state index in [0.717, 1.165) is 31.7 Å². The zero-order valence-electron chi connectivity index (χ0n) is 17.4. The summed E-state index contributed by atoms with van der Waals surface area (Å²) in [6.45, 7) is 1.08. The molecule has 1 aliphatic heterocycles. The normalized spacial score (nSPS) is 20.5. The number of amides is 3. The molecule has 2 atom stereocenters. The van der Waals surface area contributed by atoms with Gasteiger partial charge in [0.15, 0.2) is 0 Å². The van der Waals surface area contributed by atoms with Crippen LogP contribution in [0.3, 0.4) is 0 Å². The highest BCUT2D eigenvalue weighted by molar-refractivity contribution is 6.05. The molecule has 7 nitrogen and oxygen atoms in total. The van der Waals surface area contributed by atoms with Crippen LogP contribution in [0.25, 0.3) is 0 Å². The van der Waals surface area contributed by atoms with Crippen molar-refractivity contribution in [2.45, 2.75) is 37.8 Å². The molecule has 1 aliphatic carbocycles. The predicted octanol–water partition coefficient (Wildman–Crippen LogP) is 4.26.